The largest absolute Gasteiger partial charge is 0.427 e. The number of esters is 2. The zero-order chi connectivity index (χ0) is 19.5. The van der Waals surface area contributed by atoms with E-state index in [4.69, 9.17) is 9.47 Å². The summed E-state index contributed by atoms with van der Waals surface area (Å²) < 4.78 is 10.5. The summed E-state index contributed by atoms with van der Waals surface area (Å²) in [5.41, 5.74) is 1.73. The molecule has 0 saturated heterocycles. The number of nitrogens with zero attached hydrogens (tertiary/aromatic N) is 1. The highest BCUT2D eigenvalue weighted by molar-refractivity contribution is 6.13. The van der Waals surface area contributed by atoms with Gasteiger partial charge in [0.1, 0.15) is 5.75 Å². The lowest BCUT2D eigenvalue weighted by Crippen LogP contribution is -2.05. The standard InChI is InChI=1S/C23H17NO4/c1-2-21(25)27-19-11-7-15(8-12-19)13-20-23(26)28-22(24-20)18-10-9-16-5-3-4-6-17(16)14-18/h3-14H,2H2,1H3. The van der Waals surface area contributed by atoms with E-state index < -0.39 is 5.97 Å². The molecule has 0 radical (unpaired) electrons. The highest BCUT2D eigenvalue weighted by atomic mass is 16.6. The van der Waals surface area contributed by atoms with E-state index in [1.54, 1.807) is 37.3 Å². The van der Waals surface area contributed by atoms with E-state index in [0.29, 0.717) is 12.2 Å². The topological polar surface area (TPSA) is 65.0 Å². The van der Waals surface area contributed by atoms with Crippen molar-refractivity contribution in [1.29, 1.82) is 0 Å². The molecule has 3 aromatic rings. The number of rotatable bonds is 4. The van der Waals surface area contributed by atoms with E-state index in [1.165, 1.54) is 0 Å². The number of hydrogen-bond donors (Lipinski definition) is 0. The average Bonchev–Trinajstić information content (AvgIpc) is 3.09. The van der Waals surface area contributed by atoms with Crippen LogP contribution in [0.1, 0.15) is 24.5 Å². The van der Waals surface area contributed by atoms with Crippen molar-refractivity contribution in [3.63, 3.8) is 0 Å². The summed E-state index contributed by atoms with van der Waals surface area (Å²) in [4.78, 5) is 27.9. The van der Waals surface area contributed by atoms with Crippen LogP contribution >= 0.6 is 0 Å². The van der Waals surface area contributed by atoms with Crippen LogP contribution in [0.15, 0.2) is 77.4 Å². The van der Waals surface area contributed by atoms with E-state index in [2.05, 4.69) is 4.99 Å². The smallest absolute Gasteiger partial charge is 0.363 e. The van der Waals surface area contributed by atoms with Gasteiger partial charge in [0.25, 0.3) is 0 Å². The Balaban J connectivity index is 1.58. The second-order valence-electron chi connectivity index (χ2n) is 6.29. The van der Waals surface area contributed by atoms with Gasteiger partial charge in [-0.25, -0.2) is 9.79 Å². The van der Waals surface area contributed by atoms with Crippen molar-refractivity contribution in [1.82, 2.24) is 0 Å². The number of ether oxygens (including phenoxy) is 2. The van der Waals surface area contributed by atoms with Crippen molar-refractivity contribution in [3.05, 3.63) is 83.6 Å². The van der Waals surface area contributed by atoms with E-state index in [0.717, 1.165) is 21.9 Å². The van der Waals surface area contributed by atoms with Gasteiger partial charge in [-0.3, -0.25) is 4.79 Å². The van der Waals surface area contributed by atoms with Crippen molar-refractivity contribution in [2.24, 2.45) is 4.99 Å². The minimum Gasteiger partial charge on any atom is -0.427 e. The molecule has 0 fully saturated rings. The van der Waals surface area contributed by atoms with Crippen molar-refractivity contribution >= 4 is 34.7 Å². The van der Waals surface area contributed by atoms with Gasteiger partial charge in [0.15, 0.2) is 5.70 Å². The van der Waals surface area contributed by atoms with Gasteiger partial charge in [-0.05, 0) is 46.7 Å². The summed E-state index contributed by atoms with van der Waals surface area (Å²) in [5, 5.41) is 2.16. The van der Waals surface area contributed by atoms with Gasteiger partial charge in [0, 0.05) is 12.0 Å². The summed E-state index contributed by atoms with van der Waals surface area (Å²) >= 11 is 0. The Morgan fingerprint density at radius 3 is 2.54 bits per heavy atom. The summed E-state index contributed by atoms with van der Waals surface area (Å²) in [6.45, 7) is 1.73. The van der Waals surface area contributed by atoms with Gasteiger partial charge in [0.2, 0.25) is 5.90 Å². The molecule has 3 aromatic carbocycles. The van der Waals surface area contributed by atoms with Gasteiger partial charge in [0.05, 0.1) is 0 Å². The Hall–Kier alpha value is -3.73. The molecule has 0 aromatic heterocycles. The fourth-order valence-electron chi connectivity index (χ4n) is 2.85. The number of carbonyl (C=O) groups excluding carboxylic acids is 2. The number of carbonyl (C=O) groups is 2. The molecule has 0 unspecified atom stereocenters. The van der Waals surface area contributed by atoms with E-state index in [-0.39, 0.29) is 17.6 Å². The molecule has 1 aliphatic rings. The van der Waals surface area contributed by atoms with Crippen LogP contribution in [0.25, 0.3) is 16.8 Å². The molecule has 0 N–H and O–H groups in total. The number of aliphatic imine (C=N–C) groups is 1. The number of hydrogen-bond acceptors (Lipinski definition) is 5. The van der Waals surface area contributed by atoms with E-state index >= 15 is 0 Å². The van der Waals surface area contributed by atoms with E-state index in [9.17, 15) is 9.59 Å². The summed E-state index contributed by atoms with van der Waals surface area (Å²) in [7, 11) is 0. The first-order valence-corrected chi connectivity index (χ1v) is 8.95. The minimum absolute atomic E-state index is 0.224. The van der Waals surface area contributed by atoms with Crippen molar-refractivity contribution < 1.29 is 19.1 Å². The molecular weight excluding hydrogens is 354 g/mol. The molecule has 138 valence electrons. The molecule has 0 atom stereocenters. The van der Waals surface area contributed by atoms with Gasteiger partial charge in [-0.15, -0.1) is 0 Å². The third kappa shape index (κ3) is 3.69. The minimum atomic E-state index is -0.496. The third-order valence-corrected chi connectivity index (χ3v) is 4.32. The first kappa shape index (κ1) is 17.7. The highest BCUT2D eigenvalue weighted by Gasteiger charge is 2.24. The van der Waals surface area contributed by atoms with Crippen LogP contribution in [0.5, 0.6) is 5.75 Å². The van der Waals surface area contributed by atoms with Crippen LogP contribution in [0.2, 0.25) is 0 Å². The summed E-state index contributed by atoms with van der Waals surface area (Å²) in [5.74, 6) is -0.0430. The Bertz CT molecular complexity index is 1130. The van der Waals surface area contributed by atoms with Crippen LogP contribution in [0, 0.1) is 0 Å². The molecular formula is C23H17NO4. The second-order valence-corrected chi connectivity index (χ2v) is 6.29. The fourth-order valence-corrected chi connectivity index (χ4v) is 2.85. The Labute approximate surface area is 161 Å². The Kier molecular flexibility index (Phi) is 4.72. The molecule has 5 heteroatoms. The molecule has 0 aliphatic carbocycles. The molecule has 5 nitrogen and oxygen atoms in total. The lowest BCUT2D eigenvalue weighted by atomic mass is 10.1. The molecule has 4 rings (SSSR count). The monoisotopic (exact) mass is 371 g/mol. The zero-order valence-electron chi connectivity index (χ0n) is 15.2. The Morgan fingerprint density at radius 1 is 1.04 bits per heavy atom. The Morgan fingerprint density at radius 2 is 1.79 bits per heavy atom. The number of cyclic esters (lactones) is 1. The normalized spacial score (nSPS) is 14.8. The number of fused-ring (bicyclic) bond motifs is 1. The van der Waals surface area contributed by atoms with Gasteiger partial charge >= 0.3 is 11.9 Å². The molecule has 1 aliphatic heterocycles. The van der Waals surface area contributed by atoms with Crippen LogP contribution in [0.3, 0.4) is 0 Å². The first-order chi connectivity index (χ1) is 13.6. The quantitative estimate of drug-likeness (QED) is 0.385. The first-order valence-electron chi connectivity index (χ1n) is 8.95. The predicted molar refractivity (Wildman–Crippen MR) is 107 cm³/mol. The maximum absolute atomic E-state index is 12.2. The summed E-state index contributed by atoms with van der Waals surface area (Å²) in [6, 6.07) is 20.6. The van der Waals surface area contributed by atoms with Gasteiger partial charge in [-0.2, -0.15) is 0 Å². The predicted octanol–water partition coefficient (Wildman–Crippen LogP) is 4.50. The molecule has 0 bridgehead atoms. The average molecular weight is 371 g/mol. The molecule has 28 heavy (non-hydrogen) atoms. The van der Waals surface area contributed by atoms with Gasteiger partial charge in [-0.1, -0.05) is 49.4 Å². The van der Waals surface area contributed by atoms with Gasteiger partial charge < -0.3 is 9.47 Å². The SMILES string of the molecule is CCC(=O)Oc1ccc(C=C2N=C(c3ccc4ccccc4c3)OC2=O)cc1. The van der Waals surface area contributed by atoms with Crippen LogP contribution in [-0.4, -0.2) is 17.8 Å². The van der Waals surface area contributed by atoms with Crippen molar-refractivity contribution in [2.75, 3.05) is 0 Å². The van der Waals surface area contributed by atoms with Crippen LogP contribution in [0.4, 0.5) is 0 Å². The number of benzene rings is 3. The zero-order valence-corrected chi connectivity index (χ0v) is 15.2. The van der Waals surface area contributed by atoms with E-state index in [1.807, 2.05) is 42.5 Å². The second kappa shape index (κ2) is 7.48. The molecule has 0 amide bonds. The molecule has 1 heterocycles. The van der Waals surface area contributed by atoms with Crippen LogP contribution in [-0.2, 0) is 14.3 Å². The maximum atomic E-state index is 12.2. The van der Waals surface area contributed by atoms with Crippen molar-refractivity contribution in [3.8, 4) is 5.75 Å². The summed E-state index contributed by atoms with van der Waals surface area (Å²) in [6.07, 6.45) is 1.95. The molecule has 0 saturated carbocycles. The van der Waals surface area contributed by atoms with Crippen LogP contribution < -0.4 is 4.74 Å². The third-order valence-electron chi connectivity index (χ3n) is 4.32. The maximum Gasteiger partial charge on any atom is 0.363 e. The lowest BCUT2D eigenvalue weighted by Gasteiger charge is -2.02. The van der Waals surface area contributed by atoms with Crippen molar-refractivity contribution in [2.45, 2.75) is 13.3 Å². The molecule has 0 spiro atoms. The lowest BCUT2D eigenvalue weighted by molar-refractivity contribution is -0.134. The fraction of sp³-hybridized carbons (Fsp3) is 0.0870. The highest BCUT2D eigenvalue weighted by Crippen LogP contribution is 2.23.